The van der Waals surface area contributed by atoms with Crippen molar-refractivity contribution in [1.82, 2.24) is 19.5 Å². The van der Waals surface area contributed by atoms with Gasteiger partial charge in [0.1, 0.15) is 24.2 Å². The highest BCUT2D eigenvalue weighted by atomic mass is 16.5. The lowest BCUT2D eigenvalue weighted by Crippen LogP contribution is -2.50. The molecule has 1 aliphatic rings. The van der Waals surface area contributed by atoms with E-state index in [-0.39, 0.29) is 12.5 Å². The fourth-order valence-electron chi connectivity index (χ4n) is 4.85. The smallest absolute Gasteiger partial charge is 0.256 e. The van der Waals surface area contributed by atoms with Crippen molar-refractivity contribution in [2.45, 2.75) is 25.6 Å². The molecular formula is C30H32N6O4. The molecule has 10 heteroatoms. The number of aromatic nitrogens is 3. The highest BCUT2D eigenvalue weighted by Crippen LogP contribution is 2.31. The Labute approximate surface area is 233 Å². The summed E-state index contributed by atoms with van der Waals surface area (Å²) < 4.78 is 13.0. The average molecular weight is 541 g/mol. The molecule has 1 aliphatic heterocycles. The van der Waals surface area contributed by atoms with E-state index in [1.807, 2.05) is 60.4 Å². The Morgan fingerprint density at radius 2 is 1.90 bits per heavy atom. The summed E-state index contributed by atoms with van der Waals surface area (Å²) in [5.41, 5.74) is 3.53. The number of hydrogen-bond acceptors (Lipinski definition) is 8. The minimum absolute atomic E-state index is 0.0386. The standard InChI is InChI=1S/C30H32N6O4/c1-3-24(37)20-40-25-15-26(28-23(16-31)18-33-36(28)19-25)22-9-10-27(32-17-22)34-11-13-35(14-12-34)30(38)29(39-2)21-7-5-4-6-8-21/h4-10,15,17-19,24,29,37H,3,11-14,20H2,1-2H3. The summed E-state index contributed by atoms with van der Waals surface area (Å²) in [7, 11) is 1.56. The quantitative estimate of drug-likeness (QED) is 0.343. The van der Waals surface area contributed by atoms with Crippen LogP contribution in [0.5, 0.6) is 5.75 Å². The van der Waals surface area contributed by atoms with Gasteiger partial charge in [-0.1, -0.05) is 37.3 Å². The molecule has 0 saturated carbocycles. The number of nitrogens with zero attached hydrogens (tertiary/aromatic N) is 6. The number of aliphatic hydroxyl groups excluding tert-OH is 1. The summed E-state index contributed by atoms with van der Waals surface area (Å²) in [6.45, 7) is 4.49. The Hall–Kier alpha value is -4.46. The molecule has 40 heavy (non-hydrogen) atoms. The van der Waals surface area contributed by atoms with Crippen LogP contribution in [-0.4, -0.2) is 76.5 Å². The third-order valence-corrected chi connectivity index (χ3v) is 7.16. The fraction of sp³-hybridized carbons (Fsp3) is 0.333. The van der Waals surface area contributed by atoms with Crippen molar-refractivity contribution in [2.75, 3.05) is 44.8 Å². The van der Waals surface area contributed by atoms with E-state index in [4.69, 9.17) is 14.5 Å². The zero-order valence-electron chi connectivity index (χ0n) is 22.6. The van der Waals surface area contributed by atoms with Crippen molar-refractivity contribution < 1.29 is 19.4 Å². The lowest BCUT2D eigenvalue weighted by molar-refractivity contribution is -0.142. The number of piperazine rings is 1. The maximum Gasteiger partial charge on any atom is 0.256 e. The van der Waals surface area contributed by atoms with Gasteiger partial charge in [0.2, 0.25) is 0 Å². The van der Waals surface area contributed by atoms with E-state index in [0.29, 0.717) is 49.4 Å². The second-order valence-corrected chi connectivity index (χ2v) is 9.67. The fourth-order valence-corrected chi connectivity index (χ4v) is 4.85. The number of aliphatic hydroxyl groups is 1. The second-order valence-electron chi connectivity index (χ2n) is 9.67. The molecule has 2 unspecified atom stereocenters. The monoisotopic (exact) mass is 540 g/mol. The molecular weight excluding hydrogens is 508 g/mol. The van der Waals surface area contributed by atoms with Gasteiger partial charge in [-0.3, -0.25) is 4.79 Å². The molecule has 206 valence electrons. The van der Waals surface area contributed by atoms with E-state index in [2.05, 4.69) is 16.1 Å². The van der Waals surface area contributed by atoms with Crippen molar-refractivity contribution in [1.29, 1.82) is 5.26 Å². The highest BCUT2D eigenvalue weighted by Gasteiger charge is 2.29. The summed E-state index contributed by atoms with van der Waals surface area (Å²) in [6, 6.07) is 17.5. The molecule has 2 atom stereocenters. The van der Waals surface area contributed by atoms with Gasteiger partial charge < -0.3 is 24.4 Å². The maximum atomic E-state index is 13.2. The van der Waals surface area contributed by atoms with Crippen LogP contribution in [0.15, 0.2) is 67.1 Å². The first-order valence-electron chi connectivity index (χ1n) is 13.3. The van der Waals surface area contributed by atoms with E-state index in [0.717, 1.165) is 22.5 Å². The number of hydrogen-bond donors (Lipinski definition) is 1. The average Bonchev–Trinajstić information content (AvgIpc) is 3.43. The van der Waals surface area contributed by atoms with Crippen LogP contribution in [0, 0.1) is 11.3 Å². The van der Waals surface area contributed by atoms with Gasteiger partial charge in [-0.15, -0.1) is 0 Å². The van der Waals surface area contributed by atoms with Crippen LogP contribution in [0.3, 0.4) is 0 Å². The summed E-state index contributed by atoms with van der Waals surface area (Å²) >= 11 is 0. The molecule has 0 spiro atoms. The van der Waals surface area contributed by atoms with Crippen molar-refractivity contribution in [3.63, 3.8) is 0 Å². The number of pyridine rings is 2. The SMILES string of the molecule is CCC(O)COc1cc(-c2ccc(N3CCN(C(=O)C(OC)c4ccccc4)CC3)nc2)c2c(C#N)cnn2c1. The van der Waals surface area contributed by atoms with Crippen LogP contribution >= 0.6 is 0 Å². The number of nitriles is 1. The summed E-state index contributed by atoms with van der Waals surface area (Å²) in [5, 5.41) is 23.9. The van der Waals surface area contributed by atoms with Gasteiger partial charge in [-0.05, 0) is 30.2 Å². The van der Waals surface area contributed by atoms with E-state index >= 15 is 0 Å². The third kappa shape index (κ3) is 5.61. The lowest BCUT2D eigenvalue weighted by Gasteiger charge is -2.36. The minimum atomic E-state index is -0.617. The van der Waals surface area contributed by atoms with Gasteiger partial charge in [-0.2, -0.15) is 10.4 Å². The number of benzene rings is 1. The topological polar surface area (TPSA) is 116 Å². The van der Waals surface area contributed by atoms with Crippen molar-refractivity contribution >= 4 is 17.2 Å². The number of carbonyl (C=O) groups excluding carboxylic acids is 1. The summed E-state index contributed by atoms with van der Waals surface area (Å²) in [4.78, 5) is 21.9. The molecule has 5 rings (SSSR count). The Morgan fingerprint density at radius 1 is 1.12 bits per heavy atom. The molecule has 4 heterocycles. The van der Waals surface area contributed by atoms with Gasteiger partial charge in [-0.25, -0.2) is 9.50 Å². The molecule has 0 bridgehead atoms. The number of amides is 1. The zero-order valence-corrected chi connectivity index (χ0v) is 22.6. The first kappa shape index (κ1) is 27.1. The molecule has 10 nitrogen and oxygen atoms in total. The van der Waals surface area contributed by atoms with Gasteiger partial charge in [0.25, 0.3) is 5.91 Å². The van der Waals surface area contributed by atoms with Crippen molar-refractivity contribution in [2.24, 2.45) is 0 Å². The van der Waals surface area contributed by atoms with Crippen LogP contribution in [0.25, 0.3) is 16.6 Å². The number of carbonyl (C=O) groups is 1. The third-order valence-electron chi connectivity index (χ3n) is 7.16. The Kier molecular flexibility index (Phi) is 8.24. The van der Waals surface area contributed by atoms with Gasteiger partial charge in [0.05, 0.1) is 29.6 Å². The Morgan fingerprint density at radius 3 is 2.55 bits per heavy atom. The minimum Gasteiger partial charge on any atom is -0.489 e. The molecule has 0 radical (unpaired) electrons. The number of anilines is 1. The molecule has 1 saturated heterocycles. The molecule has 1 N–H and O–H groups in total. The van der Waals surface area contributed by atoms with Crippen LogP contribution < -0.4 is 9.64 Å². The summed E-state index contributed by atoms with van der Waals surface area (Å²) in [5.74, 6) is 1.31. The highest BCUT2D eigenvalue weighted by molar-refractivity contribution is 5.85. The maximum absolute atomic E-state index is 13.2. The number of rotatable bonds is 9. The van der Waals surface area contributed by atoms with Gasteiger partial charge >= 0.3 is 0 Å². The lowest BCUT2D eigenvalue weighted by atomic mass is 10.1. The Balaban J connectivity index is 1.31. The van der Waals surface area contributed by atoms with Crippen molar-refractivity contribution in [3.8, 4) is 22.9 Å². The largest absolute Gasteiger partial charge is 0.489 e. The molecule has 1 aromatic carbocycles. The van der Waals surface area contributed by atoms with E-state index < -0.39 is 12.2 Å². The van der Waals surface area contributed by atoms with E-state index in [9.17, 15) is 15.2 Å². The second kappa shape index (κ2) is 12.2. The number of fused-ring (bicyclic) bond motifs is 1. The normalized spacial score (nSPS) is 15.1. The van der Waals surface area contributed by atoms with E-state index in [1.165, 1.54) is 6.20 Å². The molecule has 1 fully saturated rings. The number of methoxy groups -OCH3 is 1. The van der Waals surface area contributed by atoms with Crippen LogP contribution in [0.4, 0.5) is 5.82 Å². The summed E-state index contributed by atoms with van der Waals surface area (Å²) in [6.07, 6.45) is 4.41. The molecule has 0 aliphatic carbocycles. The predicted molar refractivity (Wildman–Crippen MR) is 150 cm³/mol. The first-order valence-corrected chi connectivity index (χ1v) is 13.3. The molecule has 3 aromatic heterocycles. The zero-order chi connectivity index (χ0) is 28.1. The van der Waals surface area contributed by atoms with Crippen molar-refractivity contribution in [3.05, 3.63) is 78.2 Å². The van der Waals surface area contributed by atoms with Gasteiger partial charge in [0, 0.05) is 50.6 Å². The molecule has 4 aromatic rings. The van der Waals surface area contributed by atoms with Gasteiger partial charge in [0.15, 0.2) is 6.10 Å². The van der Waals surface area contributed by atoms with Crippen LogP contribution in [0.2, 0.25) is 0 Å². The van der Waals surface area contributed by atoms with E-state index in [1.54, 1.807) is 24.0 Å². The van der Waals surface area contributed by atoms with Crippen LogP contribution in [-0.2, 0) is 9.53 Å². The Bertz CT molecular complexity index is 1490. The van der Waals surface area contributed by atoms with Crippen LogP contribution in [0.1, 0.15) is 30.6 Å². The first-order chi connectivity index (χ1) is 19.5. The molecule has 1 amide bonds. The predicted octanol–water partition coefficient (Wildman–Crippen LogP) is 3.45. The number of ether oxygens (including phenoxy) is 2.